The van der Waals surface area contributed by atoms with Crippen LogP contribution in [0.1, 0.15) is 38.1 Å². The van der Waals surface area contributed by atoms with Gasteiger partial charge in [-0.2, -0.15) is 5.10 Å². The highest BCUT2D eigenvalue weighted by Crippen LogP contribution is 2.54. The van der Waals surface area contributed by atoms with Crippen molar-refractivity contribution in [3.8, 4) is 17.1 Å². The van der Waals surface area contributed by atoms with Crippen LogP contribution < -0.4 is 4.90 Å². The van der Waals surface area contributed by atoms with E-state index in [1.54, 1.807) is 0 Å². The molecule has 0 spiro atoms. The number of aryl methyl sites for hydroxylation is 1. The number of morpholine rings is 1. The largest absolute Gasteiger partial charge is 0.523 e. The number of rotatable bonds is 3. The number of pyridine rings is 1. The van der Waals surface area contributed by atoms with E-state index in [2.05, 4.69) is 37.4 Å². The molecule has 9 nitrogen and oxygen atoms in total. The number of anilines is 1. The Morgan fingerprint density at radius 3 is 2.81 bits per heavy atom. The van der Waals surface area contributed by atoms with Gasteiger partial charge >= 0.3 is 0 Å². The summed E-state index contributed by atoms with van der Waals surface area (Å²) < 4.78 is 9.58. The molecule has 3 atom stereocenters. The highest BCUT2D eigenvalue weighted by molar-refractivity contribution is 5.65. The molecule has 1 N–H and O–H groups in total. The third-order valence-electron chi connectivity index (χ3n) is 8.31. The van der Waals surface area contributed by atoms with Crippen molar-refractivity contribution >= 4 is 5.82 Å². The van der Waals surface area contributed by atoms with Crippen LogP contribution in [0.2, 0.25) is 0 Å². The fraction of sp³-hybridized carbons (Fsp3) is 0.481. The molecule has 2 aliphatic carbocycles. The Morgan fingerprint density at radius 1 is 1.28 bits per heavy atom. The lowest BCUT2D eigenvalue weighted by molar-refractivity contribution is 0.122. The number of fused-ring (bicyclic) bond motifs is 3. The summed E-state index contributed by atoms with van der Waals surface area (Å²) in [5.41, 5.74) is 4.30. The van der Waals surface area contributed by atoms with Crippen molar-refractivity contribution in [1.29, 1.82) is 0 Å². The fourth-order valence-corrected chi connectivity index (χ4v) is 6.45. The van der Waals surface area contributed by atoms with Gasteiger partial charge < -0.3 is 14.7 Å². The maximum Gasteiger partial charge on any atom is 0.203 e. The van der Waals surface area contributed by atoms with Gasteiger partial charge in [-0.1, -0.05) is 13.8 Å². The second-order valence-corrected chi connectivity index (χ2v) is 10.4. The van der Waals surface area contributed by atoms with E-state index in [4.69, 9.17) is 16.3 Å². The molecule has 0 radical (unpaired) electrons. The number of imidazole rings is 1. The Labute approximate surface area is 210 Å². The molecule has 186 valence electrons. The summed E-state index contributed by atoms with van der Waals surface area (Å²) in [6.07, 6.45) is 8.04. The molecule has 36 heavy (non-hydrogen) atoms. The number of aromatic nitrogens is 5. The average Bonchev–Trinajstić information content (AvgIpc) is 3.51. The Bertz CT molecular complexity index is 1390. The third-order valence-corrected chi connectivity index (χ3v) is 8.31. The van der Waals surface area contributed by atoms with E-state index in [1.165, 1.54) is 5.69 Å². The van der Waals surface area contributed by atoms with Gasteiger partial charge in [0.05, 0.1) is 43.1 Å². The first-order valence-corrected chi connectivity index (χ1v) is 12.6. The van der Waals surface area contributed by atoms with E-state index in [-0.39, 0.29) is 23.0 Å². The first-order chi connectivity index (χ1) is 17.4. The molecule has 4 heterocycles. The lowest BCUT2D eigenvalue weighted by atomic mass is 9.58. The third kappa shape index (κ3) is 3.43. The van der Waals surface area contributed by atoms with Gasteiger partial charge in [0.2, 0.25) is 5.70 Å². The molecular formula is C27H31N7O2. The molecular weight excluding hydrogens is 454 g/mol. The minimum Gasteiger partial charge on any atom is -0.523 e. The molecule has 1 fully saturated rings. The number of nitrogens with zero attached hydrogens (tertiary/aromatic N) is 7. The van der Waals surface area contributed by atoms with Crippen LogP contribution in [0.25, 0.3) is 21.9 Å². The smallest absolute Gasteiger partial charge is 0.203 e. The van der Waals surface area contributed by atoms with E-state index >= 15 is 0 Å². The van der Waals surface area contributed by atoms with Crippen molar-refractivity contribution in [3.05, 3.63) is 65.0 Å². The molecule has 0 saturated carbocycles. The SMILES string of the molecule is [C-]#[N+]C1=C(O)[C@H](C)[C@H]2CCc3c(nc(-c4ccnc(N5CCOCC5)c4)n3-c3cnn(C)c3)[C@]2(C)C1. The molecule has 0 amide bonds. The van der Waals surface area contributed by atoms with E-state index in [1.807, 2.05) is 43.3 Å². The van der Waals surface area contributed by atoms with Crippen LogP contribution in [0, 0.1) is 18.4 Å². The van der Waals surface area contributed by atoms with E-state index in [9.17, 15) is 5.11 Å². The normalized spacial score (nSPS) is 25.9. The lowest BCUT2D eigenvalue weighted by Gasteiger charge is -2.47. The molecule has 3 aliphatic rings. The summed E-state index contributed by atoms with van der Waals surface area (Å²) in [4.78, 5) is 15.9. The number of aliphatic hydroxyl groups excluding tert-OH is 1. The van der Waals surface area contributed by atoms with Crippen LogP contribution in [0.5, 0.6) is 0 Å². The van der Waals surface area contributed by atoms with Gasteiger partial charge in [0, 0.05) is 55.1 Å². The number of ether oxygens (including phenoxy) is 1. The van der Waals surface area contributed by atoms with Gasteiger partial charge in [0.1, 0.15) is 11.6 Å². The van der Waals surface area contributed by atoms with Gasteiger partial charge in [0.25, 0.3) is 0 Å². The summed E-state index contributed by atoms with van der Waals surface area (Å²) in [5.74, 6) is 2.20. The number of hydrogen-bond acceptors (Lipinski definition) is 6. The molecule has 0 aromatic carbocycles. The Balaban J connectivity index is 1.53. The maximum absolute atomic E-state index is 10.7. The molecule has 9 heteroatoms. The zero-order chi connectivity index (χ0) is 25.0. The van der Waals surface area contributed by atoms with Crippen LogP contribution in [0.15, 0.2) is 42.2 Å². The number of aliphatic hydroxyl groups is 1. The van der Waals surface area contributed by atoms with Gasteiger partial charge in [-0.25, -0.2) is 14.8 Å². The maximum atomic E-state index is 10.7. The highest BCUT2D eigenvalue weighted by Gasteiger charge is 2.51. The van der Waals surface area contributed by atoms with Crippen LogP contribution in [0.3, 0.4) is 0 Å². The second kappa shape index (κ2) is 8.49. The van der Waals surface area contributed by atoms with Crippen molar-refractivity contribution < 1.29 is 9.84 Å². The fourth-order valence-electron chi connectivity index (χ4n) is 6.45. The van der Waals surface area contributed by atoms with Crippen molar-refractivity contribution in [2.24, 2.45) is 18.9 Å². The van der Waals surface area contributed by atoms with Crippen molar-refractivity contribution in [2.45, 2.75) is 38.5 Å². The summed E-state index contributed by atoms with van der Waals surface area (Å²) in [6, 6.07) is 4.13. The standard InChI is InChI=1S/C27H31N7O2/c1-17-20-5-6-22-25(27(20,2)14-21(28-3)24(17)35)31-26(34(22)19-15-30-32(4)16-19)18-7-8-29-23(13-18)33-9-11-36-12-10-33/h7-8,13,15-17,20,35H,5-6,9-12,14H2,1-2,4H3/t17-,20-,27-/m1/s1. The number of hydrogen-bond donors (Lipinski definition) is 1. The Morgan fingerprint density at radius 2 is 2.08 bits per heavy atom. The van der Waals surface area contributed by atoms with Crippen molar-refractivity contribution in [3.63, 3.8) is 0 Å². The molecule has 1 aliphatic heterocycles. The summed E-state index contributed by atoms with van der Waals surface area (Å²) in [6.45, 7) is 15.0. The molecule has 3 aromatic heterocycles. The van der Waals surface area contributed by atoms with Crippen molar-refractivity contribution in [2.75, 3.05) is 31.2 Å². The number of allylic oxidation sites excluding steroid dienone is 2. The predicted octanol–water partition coefficient (Wildman–Crippen LogP) is 4.05. The molecule has 6 rings (SSSR count). The zero-order valence-electron chi connectivity index (χ0n) is 21.0. The first-order valence-electron chi connectivity index (χ1n) is 12.6. The van der Waals surface area contributed by atoms with Crippen LogP contribution in [-0.2, 0) is 23.6 Å². The van der Waals surface area contributed by atoms with E-state index in [0.29, 0.717) is 25.3 Å². The average molecular weight is 486 g/mol. The summed E-state index contributed by atoms with van der Waals surface area (Å²) in [7, 11) is 1.92. The lowest BCUT2D eigenvalue weighted by Crippen LogP contribution is -2.44. The topological polar surface area (TPSA) is 85.6 Å². The predicted molar refractivity (Wildman–Crippen MR) is 136 cm³/mol. The minimum atomic E-state index is -0.332. The summed E-state index contributed by atoms with van der Waals surface area (Å²) in [5, 5.41) is 15.2. The van der Waals surface area contributed by atoms with Crippen LogP contribution in [0.4, 0.5) is 5.82 Å². The van der Waals surface area contributed by atoms with Crippen molar-refractivity contribution in [1.82, 2.24) is 24.3 Å². The van der Waals surface area contributed by atoms with Gasteiger partial charge in [-0.15, -0.1) is 0 Å². The Kier molecular flexibility index (Phi) is 5.38. The molecule has 3 aromatic rings. The minimum absolute atomic E-state index is 0.0677. The zero-order valence-corrected chi connectivity index (χ0v) is 21.0. The molecule has 0 unspecified atom stereocenters. The quantitative estimate of drug-likeness (QED) is 0.564. The summed E-state index contributed by atoms with van der Waals surface area (Å²) >= 11 is 0. The van der Waals surface area contributed by atoms with Gasteiger partial charge in [-0.05, 0) is 37.3 Å². The molecule has 0 bridgehead atoms. The van der Waals surface area contributed by atoms with Gasteiger partial charge in [0.15, 0.2) is 0 Å². The molecule has 1 saturated heterocycles. The van der Waals surface area contributed by atoms with Gasteiger partial charge in [-0.3, -0.25) is 9.25 Å². The highest BCUT2D eigenvalue weighted by atomic mass is 16.5. The Hall–Kier alpha value is -3.64. The van der Waals surface area contributed by atoms with E-state index in [0.717, 1.165) is 54.5 Å². The monoisotopic (exact) mass is 485 g/mol. The first kappa shape index (κ1) is 22.8. The van der Waals surface area contributed by atoms with E-state index < -0.39 is 0 Å². The second-order valence-electron chi connectivity index (χ2n) is 10.4. The van der Waals surface area contributed by atoms with Crippen LogP contribution >= 0.6 is 0 Å². The van der Waals surface area contributed by atoms with Crippen LogP contribution in [-0.4, -0.2) is 55.7 Å².